The highest BCUT2D eigenvalue weighted by atomic mass is 16.5. The van der Waals surface area contributed by atoms with Crippen molar-refractivity contribution in [3.63, 3.8) is 0 Å². The molecule has 1 aliphatic rings. The fourth-order valence-electron chi connectivity index (χ4n) is 3.40. The molecule has 1 saturated carbocycles. The molecular formula is C18H23N3O3. The third-order valence-corrected chi connectivity index (χ3v) is 4.60. The van der Waals surface area contributed by atoms with Gasteiger partial charge >= 0.3 is 5.97 Å². The summed E-state index contributed by atoms with van der Waals surface area (Å²) in [6.45, 7) is 4.43. The van der Waals surface area contributed by atoms with E-state index >= 15 is 0 Å². The summed E-state index contributed by atoms with van der Waals surface area (Å²) in [5.74, 6) is 0.794. The van der Waals surface area contributed by atoms with E-state index in [1.165, 1.54) is 6.39 Å². The topological polar surface area (TPSA) is 77.2 Å². The minimum atomic E-state index is -0.0539. The Balaban J connectivity index is 1.62. The molecule has 1 aliphatic carbocycles. The summed E-state index contributed by atoms with van der Waals surface area (Å²) in [7, 11) is 0. The van der Waals surface area contributed by atoms with Gasteiger partial charge in [0, 0.05) is 17.3 Å². The fourth-order valence-corrected chi connectivity index (χ4v) is 3.40. The number of anilines is 1. The molecule has 2 aromatic rings. The molecule has 6 nitrogen and oxygen atoms in total. The molecule has 3 atom stereocenters. The van der Waals surface area contributed by atoms with Gasteiger partial charge in [0.05, 0.1) is 12.5 Å². The number of hydrogen-bond donors (Lipinski definition) is 1. The monoisotopic (exact) mass is 329 g/mol. The van der Waals surface area contributed by atoms with Crippen LogP contribution in [-0.2, 0) is 9.53 Å². The Labute approximate surface area is 141 Å². The standard InChI is InChI=1S/C18H23N3O3/c1-3-23-18(22)16-8-7-15(9-12(16)2)20-14-6-4-5-13(10-14)17-21-19-11-24-17/h4-6,10-12,15-16,20H,3,7-9H2,1-2H3/t12-,15+,16-/m1/s1. The maximum Gasteiger partial charge on any atom is 0.309 e. The molecule has 0 unspecified atom stereocenters. The molecule has 0 bridgehead atoms. The van der Waals surface area contributed by atoms with Crippen molar-refractivity contribution in [1.82, 2.24) is 10.2 Å². The maximum atomic E-state index is 12.0. The van der Waals surface area contributed by atoms with Gasteiger partial charge in [-0.3, -0.25) is 4.79 Å². The van der Waals surface area contributed by atoms with Crippen molar-refractivity contribution in [3.8, 4) is 11.5 Å². The van der Waals surface area contributed by atoms with Gasteiger partial charge < -0.3 is 14.5 Å². The second kappa shape index (κ2) is 7.47. The largest absolute Gasteiger partial charge is 0.466 e. The van der Waals surface area contributed by atoms with Gasteiger partial charge in [0.1, 0.15) is 0 Å². The van der Waals surface area contributed by atoms with Crippen LogP contribution in [0.25, 0.3) is 11.5 Å². The molecule has 3 rings (SSSR count). The van der Waals surface area contributed by atoms with Crippen molar-refractivity contribution in [2.75, 3.05) is 11.9 Å². The zero-order chi connectivity index (χ0) is 16.9. The van der Waals surface area contributed by atoms with E-state index in [0.29, 0.717) is 24.5 Å². The number of hydrogen-bond acceptors (Lipinski definition) is 6. The molecule has 24 heavy (non-hydrogen) atoms. The molecule has 6 heteroatoms. The third-order valence-electron chi connectivity index (χ3n) is 4.60. The van der Waals surface area contributed by atoms with Crippen LogP contribution in [0.4, 0.5) is 5.69 Å². The Morgan fingerprint density at radius 2 is 2.29 bits per heavy atom. The van der Waals surface area contributed by atoms with Crippen LogP contribution in [0, 0.1) is 11.8 Å². The highest BCUT2D eigenvalue weighted by Crippen LogP contribution is 2.33. The summed E-state index contributed by atoms with van der Waals surface area (Å²) < 4.78 is 10.4. The lowest BCUT2D eigenvalue weighted by molar-refractivity contribution is -0.151. The number of carbonyl (C=O) groups excluding carboxylic acids is 1. The van der Waals surface area contributed by atoms with Crippen LogP contribution >= 0.6 is 0 Å². The lowest BCUT2D eigenvalue weighted by Gasteiger charge is -2.33. The van der Waals surface area contributed by atoms with E-state index in [-0.39, 0.29) is 11.9 Å². The number of benzene rings is 1. The molecule has 0 aliphatic heterocycles. The van der Waals surface area contributed by atoms with Crippen LogP contribution in [0.3, 0.4) is 0 Å². The Kier molecular flexibility index (Phi) is 5.13. The molecule has 1 heterocycles. The third kappa shape index (κ3) is 3.75. The van der Waals surface area contributed by atoms with Crippen LogP contribution in [0.1, 0.15) is 33.1 Å². The van der Waals surface area contributed by atoms with E-state index in [2.05, 4.69) is 22.4 Å². The zero-order valence-corrected chi connectivity index (χ0v) is 14.1. The first kappa shape index (κ1) is 16.5. The molecule has 0 saturated heterocycles. The van der Waals surface area contributed by atoms with Crippen LogP contribution in [0.2, 0.25) is 0 Å². The second-order valence-corrected chi connectivity index (χ2v) is 6.31. The smallest absolute Gasteiger partial charge is 0.309 e. The number of rotatable bonds is 5. The van der Waals surface area contributed by atoms with Gasteiger partial charge in [-0.25, -0.2) is 0 Å². The van der Waals surface area contributed by atoms with E-state index in [4.69, 9.17) is 9.15 Å². The molecule has 1 fully saturated rings. The van der Waals surface area contributed by atoms with Crippen molar-refractivity contribution >= 4 is 11.7 Å². The summed E-state index contributed by atoms with van der Waals surface area (Å²) >= 11 is 0. The number of esters is 1. The van der Waals surface area contributed by atoms with E-state index in [0.717, 1.165) is 30.5 Å². The first-order valence-electron chi connectivity index (χ1n) is 8.47. The predicted octanol–water partition coefficient (Wildman–Crippen LogP) is 3.52. The Morgan fingerprint density at radius 1 is 1.42 bits per heavy atom. The first-order chi connectivity index (χ1) is 11.7. The Bertz CT molecular complexity index is 672. The number of carbonyl (C=O) groups is 1. The van der Waals surface area contributed by atoms with E-state index in [1.54, 1.807) is 0 Å². The van der Waals surface area contributed by atoms with Gasteiger partial charge in [-0.05, 0) is 50.3 Å². The van der Waals surface area contributed by atoms with Gasteiger partial charge in [-0.2, -0.15) is 0 Å². The van der Waals surface area contributed by atoms with E-state index in [9.17, 15) is 4.79 Å². The summed E-state index contributed by atoms with van der Waals surface area (Å²) in [5.41, 5.74) is 1.92. The normalized spacial score (nSPS) is 23.7. The number of nitrogens with zero attached hydrogens (tertiary/aromatic N) is 2. The quantitative estimate of drug-likeness (QED) is 0.846. The van der Waals surface area contributed by atoms with Gasteiger partial charge in [0.2, 0.25) is 12.3 Å². The van der Waals surface area contributed by atoms with Gasteiger partial charge in [0.15, 0.2) is 0 Å². The second-order valence-electron chi connectivity index (χ2n) is 6.31. The van der Waals surface area contributed by atoms with Crippen LogP contribution in [-0.4, -0.2) is 28.8 Å². The lowest BCUT2D eigenvalue weighted by Crippen LogP contribution is -2.35. The molecule has 1 N–H and O–H groups in total. The zero-order valence-electron chi connectivity index (χ0n) is 14.1. The summed E-state index contributed by atoms with van der Waals surface area (Å²) in [6.07, 6.45) is 4.10. The lowest BCUT2D eigenvalue weighted by atomic mass is 9.78. The van der Waals surface area contributed by atoms with E-state index in [1.807, 2.05) is 31.2 Å². The van der Waals surface area contributed by atoms with Gasteiger partial charge in [-0.1, -0.05) is 13.0 Å². The molecule has 0 spiro atoms. The molecule has 0 amide bonds. The molecule has 0 radical (unpaired) electrons. The van der Waals surface area contributed by atoms with Crippen molar-refractivity contribution < 1.29 is 13.9 Å². The summed E-state index contributed by atoms with van der Waals surface area (Å²) in [5, 5.41) is 11.2. The maximum absolute atomic E-state index is 12.0. The van der Waals surface area contributed by atoms with E-state index < -0.39 is 0 Å². The molecular weight excluding hydrogens is 306 g/mol. The minimum Gasteiger partial charge on any atom is -0.466 e. The molecule has 1 aromatic carbocycles. The highest BCUT2D eigenvalue weighted by molar-refractivity contribution is 5.73. The number of ether oxygens (including phenoxy) is 1. The van der Waals surface area contributed by atoms with Crippen LogP contribution < -0.4 is 5.32 Å². The Morgan fingerprint density at radius 3 is 3.00 bits per heavy atom. The first-order valence-corrected chi connectivity index (χ1v) is 8.47. The molecule has 1 aromatic heterocycles. The summed E-state index contributed by atoms with van der Waals surface area (Å²) in [4.78, 5) is 12.0. The van der Waals surface area contributed by atoms with Crippen molar-refractivity contribution in [2.45, 2.75) is 39.2 Å². The van der Waals surface area contributed by atoms with Crippen molar-refractivity contribution in [2.24, 2.45) is 11.8 Å². The Hall–Kier alpha value is -2.37. The SMILES string of the molecule is CCOC(=O)[C@@H]1CC[C@H](Nc2cccc(-c3nnco3)c2)C[C@H]1C. The van der Waals surface area contributed by atoms with Crippen molar-refractivity contribution in [1.29, 1.82) is 0 Å². The highest BCUT2D eigenvalue weighted by Gasteiger charge is 2.33. The summed E-state index contributed by atoms with van der Waals surface area (Å²) in [6, 6.07) is 8.30. The molecule has 128 valence electrons. The average molecular weight is 329 g/mol. The van der Waals surface area contributed by atoms with Gasteiger partial charge in [0.25, 0.3) is 0 Å². The average Bonchev–Trinajstić information content (AvgIpc) is 3.10. The minimum absolute atomic E-state index is 0.0210. The van der Waals surface area contributed by atoms with Crippen molar-refractivity contribution in [3.05, 3.63) is 30.7 Å². The van der Waals surface area contributed by atoms with Crippen LogP contribution in [0.5, 0.6) is 0 Å². The predicted molar refractivity (Wildman–Crippen MR) is 90.3 cm³/mol. The number of aromatic nitrogens is 2. The van der Waals surface area contributed by atoms with Crippen LogP contribution in [0.15, 0.2) is 35.1 Å². The number of nitrogens with one attached hydrogen (secondary N) is 1. The fraction of sp³-hybridized carbons (Fsp3) is 0.500. The van der Waals surface area contributed by atoms with Gasteiger partial charge in [-0.15, -0.1) is 10.2 Å².